The largest absolute Gasteiger partial charge is 0.515 e. The topological polar surface area (TPSA) is 37.3 Å². The molecule has 0 aromatic heterocycles. The Hall–Kier alpha value is -0.790. The Kier molecular flexibility index (Phi) is 1.39. The van der Waals surface area contributed by atoms with Gasteiger partial charge in [0.15, 0.2) is 5.78 Å². The molecule has 3 saturated carbocycles. The molecular formula is C10H14O2. The molecule has 1 N–H and O–H groups in total. The summed E-state index contributed by atoms with van der Waals surface area (Å²) in [6.07, 6.45) is 2.80. The van der Waals surface area contributed by atoms with Gasteiger partial charge in [-0.15, -0.1) is 0 Å². The first-order chi connectivity index (χ1) is 5.57. The molecule has 2 atom stereocenters. The number of allylic oxidation sites excluding steroid dienone is 1. The Morgan fingerprint density at radius 3 is 2.67 bits per heavy atom. The maximum absolute atomic E-state index is 11.6. The zero-order chi connectivity index (χ0) is 8.93. The highest BCUT2D eigenvalue weighted by Crippen LogP contribution is 2.58. The van der Waals surface area contributed by atoms with Crippen LogP contribution in [0.1, 0.15) is 26.7 Å². The van der Waals surface area contributed by atoms with Crippen molar-refractivity contribution in [1.82, 2.24) is 0 Å². The summed E-state index contributed by atoms with van der Waals surface area (Å²) in [5, 5.41) is 8.79. The summed E-state index contributed by atoms with van der Waals surface area (Å²) < 4.78 is 0. The second kappa shape index (κ2) is 2.12. The van der Waals surface area contributed by atoms with Gasteiger partial charge in [-0.25, -0.2) is 0 Å². The van der Waals surface area contributed by atoms with Crippen LogP contribution in [0.25, 0.3) is 0 Å². The lowest BCUT2D eigenvalue weighted by Crippen LogP contribution is -2.53. The number of fused-ring (bicyclic) bond motifs is 2. The van der Waals surface area contributed by atoms with Gasteiger partial charge in [-0.2, -0.15) is 0 Å². The van der Waals surface area contributed by atoms with Gasteiger partial charge in [0.25, 0.3) is 0 Å². The molecule has 0 aromatic rings. The number of hydrogen-bond donors (Lipinski definition) is 1. The van der Waals surface area contributed by atoms with Crippen molar-refractivity contribution >= 4 is 5.78 Å². The van der Waals surface area contributed by atoms with Crippen molar-refractivity contribution < 1.29 is 9.90 Å². The second-order valence-electron chi connectivity index (χ2n) is 4.53. The molecule has 12 heavy (non-hydrogen) atoms. The van der Waals surface area contributed by atoms with Crippen molar-refractivity contribution in [3.8, 4) is 0 Å². The monoisotopic (exact) mass is 166 g/mol. The number of aliphatic hydroxyl groups is 1. The van der Waals surface area contributed by atoms with Crippen LogP contribution in [0.5, 0.6) is 0 Å². The van der Waals surface area contributed by atoms with E-state index < -0.39 is 0 Å². The van der Waals surface area contributed by atoms with Crippen molar-refractivity contribution in [2.24, 2.45) is 17.3 Å². The number of carbonyl (C=O) groups excluding carboxylic acids is 1. The van der Waals surface area contributed by atoms with Crippen LogP contribution < -0.4 is 0 Å². The van der Waals surface area contributed by atoms with Crippen LogP contribution in [0, 0.1) is 17.3 Å². The molecule has 3 aliphatic rings. The number of rotatable bonds is 0. The minimum absolute atomic E-state index is 0.171. The normalized spacial score (nSPS) is 41.2. The Bertz CT molecular complexity index is 263. The fourth-order valence-corrected chi connectivity index (χ4v) is 2.51. The van der Waals surface area contributed by atoms with E-state index >= 15 is 0 Å². The first-order valence-corrected chi connectivity index (χ1v) is 4.45. The molecule has 0 aliphatic heterocycles. The molecule has 2 nitrogen and oxygen atoms in total. The number of carbonyl (C=O) groups is 1. The highest BCUT2D eigenvalue weighted by molar-refractivity contribution is 5.99. The molecule has 2 unspecified atom stereocenters. The van der Waals surface area contributed by atoms with Crippen LogP contribution in [-0.4, -0.2) is 10.9 Å². The van der Waals surface area contributed by atoms with Gasteiger partial charge in [0, 0.05) is 11.5 Å². The predicted octanol–water partition coefficient (Wildman–Crippen LogP) is 2.06. The van der Waals surface area contributed by atoms with Gasteiger partial charge in [-0.1, -0.05) is 13.8 Å². The third-order valence-electron chi connectivity index (χ3n) is 3.73. The average molecular weight is 166 g/mol. The van der Waals surface area contributed by atoms with Crippen molar-refractivity contribution in [2.75, 3.05) is 0 Å². The summed E-state index contributed by atoms with van der Waals surface area (Å²) in [5.41, 5.74) is 0.819. The number of hydrogen-bond acceptors (Lipinski definition) is 2. The Morgan fingerprint density at radius 1 is 1.58 bits per heavy atom. The van der Waals surface area contributed by atoms with Crippen molar-refractivity contribution in [2.45, 2.75) is 26.7 Å². The van der Waals surface area contributed by atoms with Crippen LogP contribution in [0.2, 0.25) is 0 Å². The summed E-state index contributed by atoms with van der Waals surface area (Å²) in [6, 6.07) is 0. The van der Waals surface area contributed by atoms with Crippen molar-refractivity contribution in [3.63, 3.8) is 0 Å². The lowest BCUT2D eigenvalue weighted by molar-refractivity contribution is -0.141. The van der Waals surface area contributed by atoms with Gasteiger partial charge in [-0.3, -0.25) is 4.79 Å². The lowest BCUT2D eigenvalue weighted by atomic mass is 9.47. The minimum atomic E-state index is 0.171. The Balaban J connectivity index is 2.28. The van der Waals surface area contributed by atoms with E-state index in [1.807, 2.05) is 0 Å². The molecule has 2 bridgehead atoms. The number of aliphatic hydroxyl groups excluding tert-OH is 1. The highest BCUT2D eigenvalue weighted by Gasteiger charge is 2.55. The maximum atomic E-state index is 11.6. The van der Waals surface area contributed by atoms with Crippen molar-refractivity contribution in [1.29, 1.82) is 0 Å². The first-order valence-electron chi connectivity index (χ1n) is 4.45. The van der Waals surface area contributed by atoms with E-state index in [2.05, 4.69) is 13.8 Å². The SMILES string of the molecule is CC1(C)C2C/C(=C\O)C(=O)C1C2. The van der Waals surface area contributed by atoms with Gasteiger partial charge >= 0.3 is 0 Å². The van der Waals surface area contributed by atoms with E-state index in [1.54, 1.807) is 0 Å². The molecule has 0 saturated heterocycles. The standard InChI is InChI=1S/C10H14O2/c1-10(2)7-3-6(5-11)9(12)8(10)4-7/h5,7-8,11H,3-4H2,1-2H3/b6-5+. The molecule has 3 aliphatic carbocycles. The molecule has 3 fully saturated rings. The zero-order valence-electron chi connectivity index (χ0n) is 7.50. The van der Waals surface area contributed by atoms with Crippen LogP contribution in [0.15, 0.2) is 11.8 Å². The lowest BCUT2D eigenvalue weighted by Gasteiger charge is -2.55. The third kappa shape index (κ3) is 0.728. The van der Waals surface area contributed by atoms with Crippen LogP contribution in [0.4, 0.5) is 0 Å². The van der Waals surface area contributed by atoms with Gasteiger partial charge in [0.2, 0.25) is 0 Å². The van der Waals surface area contributed by atoms with Gasteiger partial charge in [-0.05, 0) is 24.2 Å². The zero-order valence-corrected chi connectivity index (χ0v) is 7.50. The molecule has 0 radical (unpaired) electrons. The molecule has 66 valence electrons. The Morgan fingerprint density at radius 2 is 2.25 bits per heavy atom. The molecule has 0 spiro atoms. The summed E-state index contributed by atoms with van der Waals surface area (Å²) >= 11 is 0. The number of ketones is 1. The van der Waals surface area contributed by atoms with Crippen molar-refractivity contribution in [3.05, 3.63) is 11.8 Å². The van der Waals surface area contributed by atoms with Gasteiger partial charge in [0.1, 0.15) is 0 Å². The fraction of sp³-hybridized carbons (Fsp3) is 0.700. The molecular weight excluding hydrogens is 152 g/mol. The molecule has 0 aromatic carbocycles. The molecule has 2 heteroatoms. The van der Waals surface area contributed by atoms with E-state index in [4.69, 9.17) is 5.11 Å². The summed E-state index contributed by atoms with van der Waals surface area (Å²) in [7, 11) is 0. The minimum Gasteiger partial charge on any atom is -0.515 e. The van der Waals surface area contributed by atoms with E-state index in [1.165, 1.54) is 0 Å². The second-order valence-corrected chi connectivity index (χ2v) is 4.53. The molecule has 0 amide bonds. The van der Waals surface area contributed by atoms with Crippen LogP contribution >= 0.6 is 0 Å². The third-order valence-corrected chi connectivity index (χ3v) is 3.73. The maximum Gasteiger partial charge on any atom is 0.165 e. The van der Waals surface area contributed by atoms with E-state index in [9.17, 15) is 4.79 Å². The van der Waals surface area contributed by atoms with E-state index in [0.717, 1.165) is 19.1 Å². The van der Waals surface area contributed by atoms with Crippen LogP contribution in [-0.2, 0) is 4.79 Å². The quantitative estimate of drug-likeness (QED) is 0.442. The summed E-state index contributed by atoms with van der Waals surface area (Å²) in [6.45, 7) is 4.30. The van der Waals surface area contributed by atoms with E-state index in [-0.39, 0.29) is 17.1 Å². The Labute approximate surface area is 72.3 Å². The highest BCUT2D eigenvalue weighted by atomic mass is 16.2. The fourth-order valence-electron chi connectivity index (χ4n) is 2.51. The summed E-state index contributed by atoms with van der Waals surface area (Å²) in [4.78, 5) is 11.6. The van der Waals surface area contributed by atoms with Gasteiger partial charge < -0.3 is 5.11 Å². The number of Topliss-reactive ketones (excluding diaryl/α,β-unsaturated/α-hetero) is 1. The smallest absolute Gasteiger partial charge is 0.165 e. The van der Waals surface area contributed by atoms with E-state index in [0.29, 0.717) is 11.5 Å². The average Bonchev–Trinajstić information content (AvgIpc) is 2.03. The molecule has 3 rings (SSSR count). The predicted molar refractivity (Wildman–Crippen MR) is 45.7 cm³/mol. The first kappa shape index (κ1) is 7.84. The summed E-state index contributed by atoms with van der Waals surface area (Å²) in [5.74, 6) is 0.957. The van der Waals surface area contributed by atoms with Crippen LogP contribution in [0.3, 0.4) is 0 Å². The molecule has 0 heterocycles. The van der Waals surface area contributed by atoms with Gasteiger partial charge in [0.05, 0.1) is 6.26 Å².